The summed E-state index contributed by atoms with van der Waals surface area (Å²) in [5.41, 5.74) is 2.31. The second kappa shape index (κ2) is 9.89. The second-order valence-electron chi connectivity index (χ2n) is 8.18. The molecule has 1 aliphatic heterocycles. The smallest absolute Gasteiger partial charge is 0.428 e. The van der Waals surface area contributed by atoms with E-state index >= 15 is 0 Å². The maximum atomic E-state index is 12.1. The summed E-state index contributed by atoms with van der Waals surface area (Å²) in [4.78, 5) is 36.0. The van der Waals surface area contributed by atoms with Crippen molar-refractivity contribution in [1.82, 2.24) is 16.1 Å². The van der Waals surface area contributed by atoms with Gasteiger partial charge in [0.1, 0.15) is 5.71 Å². The number of nitriles is 1. The first kappa shape index (κ1) is 20.6. The van der Waals surface area contributed by atoms with Crippen LogP contribution in [0.25, 0.3) is 0 Å². The molecule has 1 aromatic carbocycles. The first-order valence-electron chi connectivity index (χ1n) is 11.8. The van der Waals surface area contributed by atoms with Crippen LogP contribution in [0.1, 0.15) is 54.3 Å². The van der Waals surface area contributed by atoms with Crippen molar-refractivity contribution in [3.63, 3.8) is 0 Å². The molecule has 1 aliphatic carbocycles. The van der Waals surface area contributed by atoms with Crippen molar-refractivity contribution < 1.29 is 28.0 Å². The molecule has 10 nitrogen and oxygen atoms in total. The van der Waals surface area contributed by atoms with Crippen molar-refractivity contribution >= 4 is 39.5 Å². The SMILES string of the molecule is [2H]C([2H])([2H])NC(=O)C(=O)N[C@@H](C)CC1(OC)CCC2(CC1)OC(=O)NN=C2c1ccc(C#N)cc1Br. The lowest BCUT2D eigenvalue weighted by atomic mass is 9.70. The van der Waals surface area contributed by atoms with E-state index in [2.05, 4.69) is 37.8 Å². The molecule has 11 heteroatoms. The highest BCUT2D eigenvalue weighted by atomic mass is 79.9. The number of nitrogens with zero attached hydrogens (tertiary/aromatic N) is 2. The number of carbonyl (C=O) groups is 3. The molecule has 3 rings (SSSR count). The average Bonchev–Trinajstić information content (AvgIpc) is 2.80. The van der Waals surface area contributed by atoms with E-state index in [1.54, 1.807) is 37.5 Å². The predicted octanol–water partition coefficient (Wildman–Crippen LogP) is 2.10. The number of rotatable bonds is 5. The minimum atomic E-state index is -2.77. The van der Waals surface area contributed by atoms with Crippen LogP contribution >= 0.6 is 15.9 Å². The number of amides is 3. The first-order valence-corrected chi connectivity index (χ1v) is 11.1. The van der Waals surface area contributed by atoms with Crippen LogP contribution in [0.3, 0.4) is 0 Å². The Labute approximate surface area is 204 Å². The van der Waals surface area contributed by atoms with Gasteiger partial charge in [-0.3, -0.25) is 9.59 Å². The molecule has 1 atom stereocenters. The third-order valence-corrected chi connectivity index (χ3v) is 6.77. The number of methoxy groups -OCH3 is 1. The van der Waals surface area contributed by atoms with Gasteiger partial charge in [-0.25, -0.2) is 10.2 Å². The fourth-order valence-corrected chi connectivity index (χ4v) is 5.00. The average molecular weight is 523 g/mol. The number of benzene rings is 1. The molecule has 0 unspecified atom stereocenters. The molecule has 1 heterocycles. The van der Waals surface area contributed by atoms with Gasteiger partial charge in [-0.15, -0.1) is 0 Å². The van der Waals surface area contributed by atoms with Gasteiger partial charge in [-0.2, -0.15) is 10.4 Å². The van der Waals surface area contributed by atoms with Crippen LogP contribution in [0, 0.1) is 11.3 Å². The van der Waals surface area contributed by atoms with Crippen LogP contribution in [0.4, 0.5) is 4.79 Å². The molecule has 1 spiro atoms. The van der Waals surface area contributed by atoms with Crippen molar-refractivity contribution in [3.8, 4) is 6.07 Å². The quantitative estimate of drug-likeness (QED) is 0.505. The summed E-state index contributed by atoms with van der Waals surface area (Å²) in [5, 5.41) is 17.6. The number of nitrogens with one attached hydrogen (secondary N) is 3. The lowest BCUT2D eigenvalue weighted by molar-refractivity contribution is -0.139. The topological polar surface area (TPSA) is 142 Å². The highest BCUT2D eigenvalue weighted by molar-refractivity contribution is 9.10. The molecular weight excluding hydrogens is 494 g/mol. The molecule has 1 saturated carbocycles. The Kier molecular flexibility index (Phi) is 6.18. The highest BCUT2D eigenvalue weighted by Crippen LogP contribution is 2.45. The summed E-state index contributed by atoms with van der Waals surface area (Å²) in [6.45, 7) is -1.07. The summed E-state index contributed by atoms with van der Waals surface area (Å²) < 4.78 is 33.4. The van der Waals surface area contributed by atoms with Crippen molar-refractivity contribution in [2.45, 2.75) is 56.3 Å². The minimum Gasteiger partial charge on any atom is -0.435 e. The predicted molar refractivity (Wildman–Crippen MR) is 122 cm³/mol. The third kappa shape index (κ3) is 5.17. The van der Waals surface area contributed by atoms with Crippen molar-refractivity contribution in [2.24, 2.45) is 5.10 Å². The largest absolute Gasteiger partial charge is 0.435 e. The summed E-state index contributed by atoms with van der Waals surface area (Å²) in [6, 6.07) is 6.62. The molecular formula is C22H26BrN5O5. The summed E-state index contributed by atoms with van der Waals surface area (Å²) in [7, 11) is 1.55. The van der Waals surface area contributed by atoms with E-state index in [-0.39, 0.29) is 0 Å². The maximum Gasteiger partial charge on any atom is 0.428 e. The van der Waals surface area contributed by atoms with Crippen LogP contribution in [-0.2, 0) is 19.1 Å². The number of hydrogen-bond acceptors (Lipinski definition) is 7. The van der Waals surface area contributed by atoms with Crippen LogP contribution in [0.15, 0.2) is 27.8 Å². The Hall–Kier alpha value is -2.97. The normalized spacial score (nSPS) is 26.9. The molecule has 1 fully saturated rings. The van der Waals surface area contributed by atoms with Gasteiger partial charge in [-0.1, -0.05) is 22.0 Å². The van der Waals surface area contributed by atoms with Gasteiger partial charge in [0, 0.05) is 34.3 Å². The Morgan fingerprint density at radius 1 is 1.39 bits per heavy atom. The Morgan fingerprint density at radius 3 is 2.73 bits per heavy atom. The van der Waals surface area contributed by atoms with Crippen LogP contribution < -0.4 is 16.1 Å². The molecule has 2 aliphatic rings. The number of ether oxygens (including phenoxy) is 2. The number of halogens is 1. The van der Waals surface area contributed by atoms with Crippen molar-refractivity contribution in [3.05, 3.63) is 33.8 Å². The zero-order valence-electron chi connectivity index (χ0n) is 21.2. The van der Waals surface area contributed by atoms with Gasteiger partial charge in [0.2, 0.25) is 0 Å². The summed E-state index contributed by atoms with van der Waals surface area (Å²) in [5.74, 6) is -2.30. The number of carbonyl (C=O) groups excluding carboxylic acids is 3. The van der Waals surface area contributed by atoms with Crippen LogP contribution in [0.5, 0.6) is 0 Å². The third-order valence-electron chi connectivity index (χ3n) is 6.11. The summed E-state index contributed by atoms with van der Waals surface area (Å²) in [6.07, 6.45) is 1.32. The summed E-state index contributed by atoms with van der Waals surface area (Å²) >= 11 is 3.48. The molecule has 0 aromatic heterocycles. The molecule has 1 aromatic rings. The van der Waals surface area contributed by atoms with Gasteiger partial charge < -0.3 is 20.1 Å². The zero-order valence-corrected chi connectivity index (χ0v) is 19.7. The lowest BCUT2D eigenvalue weighted by Gasteiger charge is -2.47. The second-order valence-corrected chi connectivity index (χ2v) is 9.04. The molecule has 0 radical (unpaired) electrons. The highest BCUT2D eigenvalue weighted by Gasteiger charge is 2.51. The van der Waals surface area contributed by atoms with Crippen LogP contribution in [0.2, 0.25) is 0 Å². The molecule has 3 amide bonds. The van der Waals surface area contributed by atoms with E-state index in [0.717, 1.165) is 0 Å². The Balaban J connectivity index is 1.74. The molecule has 33 heavy (non-hydrogen) atoms. The van der Waals surface area contributed by atoms with E-state index < -0.39 is 42.1 Å². The molecule has 0 saturated heterocycles. The first-order chi connectivity index (χ1) is 16.8. The lowest BCUT2D eigenvalue weighted by Crippen LogP contribution is -2.56. The van der Waals surface area contributed by atoms with Crippen LogP contribution in [-0.4, -0.2) is 54.9 Å². The molecule has 3 N–H and O–H groups in total. The Bertz CT molecular complexity index is 1130. The standard InChI is InChI=1S/C22H26BrN5O5/c1-13(26-19(30)18(29)25-2)11-21(32-3)6-8-22(9-7-21)17(27-28-20(31)33-22)15-5-4-14(12-24)10-16(15)23/h4-5,10,13H,6-9,11H2,1-3H3,(H,25,29)(H,26,30)(H,28,31)/t13-,21?,22?/m0/s1/i2D3. The fourth-order valence-electron chi connectivity index (χ4n) is 4.43. The molecule has 176 valence electrons. The number of hydrazone groups is 1. The van der Waals surface area contributed by atoms with Crippen molar-refractivity contribution in [2.75, 3.05) is 14.1 Å². The van der Waals surface area contributed by atoms with E-state index in [9.17, 15) is 14.4 Å². The van der Waals surface area contributed by atoms with Gasteiger partial charge in [0.05, 0.1) is 17.2 Å². The zero-order chi connectivity index (χ0) is 26.7. The van der Waals surface area contributed by atoms with Gasteiger partial charge in [0.25, 0.3) is 0 Å². The van der Waals surface area contributed by atoms with Gasteiger partial charge in [0.15, 0.2) is 5.60 Å². The minimum absolute atomic E-state index is 0.339. The van der Waals surface area contributed by atoms with E-state index in [4.69, 9.17) is 18.8 Å². The number of hydrogen-bond donors (Lipinski definition) is 3. The molecule has 0 bridgehead atoms. The van der Waals surface area contributed by atoms with E-state index in [1.165, 1.54) is 0 Å². The van der Waals surface area contributed by atoms with Gasteiger partial charge >= 0.3 is 17.9 Å². The number of likely N-dealkylation sites (N-methyl/N-ethyl adjacent to an activating group) is 1. The monoisotopic (exact) mass is 522 g/mol. The Morgan fingerprint density at radius 2 is 2.12 bits per heavy atom. The van der Waals surface area contributed by atoms with E-state index in [1.807, 2.05) is 0 Å². The van der Waals surface area contributed by atoms with Gasteiger partial charge in [-0.05, 0) is 51.2 Å². The van der Waals surface area contributed by atoms with E-state index in [0.29, 0.717) is 53.4 Å². The fraction of sp³-hybridized carbons (Fsp3) is 0.500. The maximum absolute atomic E-state index is 12.1. The van der Waals surface area contributed by atoms with Crippen molar-refractivity contribution in [1.29, 1.82) is 5.26 Å².